The molecule has 1 unspecified atom stereocenters. The second kappa shape index (κ2) is 2.88. The van der Waals surface area contributed by atoms with Gasteiger partial charge in [0.15, 0.2) is 0 Å². The average molecular weight is 226 g/mol. The summed E-state index contributed by atoms with van der Waals surface area (Å²) in [6.07, 6.45) is 3.74. The van der Waals surface area contributed by atoms with Crippen molar-refractivity contribution in [3.8, 4) is 0 Å². The van der Waals surface area contributed by atoms with Gasteiger partial charge >= 0.3 is 0 Å². The van der Waals surface area contributed by atoms with Crippen LogP contribution in [0.15, 0.2) is 22.8 Å². The lowest BCUT2D eigenvalue weighted by atomic mass is 10.2. The van der Waals surface area contributed by atoms with Gasteiger partial charge in [-0.2, -0.15) is 0 Å². The Balaban J connectivity index is 2.47. The van der Waals surface area contributed by atoms with E-state index in [0.717, 1.165) is 16.0 Å². The first-order chi connectivity index (χ1) is 5.75. The first-order valence-electron chi connectivity index (χ1n) is 3.62. The lowest BCUT2D eigenvalue weighted by Gasteiger charge is -2.17. The minimum Gasteiger partial charge on any atom is -0.351 e. The number of anilines is 1. The van der Waals surface area contributed by atoms with Crippen LogP contribution in [0.1, 0.15) is 5.56 Å². The maximum absolute atomic E-state index is 5.65. The maximum atomic E-state index is 5.65. The molecule has 1 aliphatic rings. The highest BCUT2D eigenvalue weighted by Crippen LogP contribution is 2.21. The van der Waals surface area contributed by atoms with Crippen molar-refractivity contribution in [2.24, 2.45) is 5.73 Å². The predicted molar refractivity (Wildman–Crippen MR) is 52.6 cm³/mol. The summed E-state index contributed by atoms with van der Waals surface area (Å²) in [6.45, 7) is 0. The van der Waals surface area contributed by atoms with E-state index in [1.807, 2.05) is 24.3 Å². The molecule has 0 bridgehead atoms. The molecule has 3 nitrogen and oxygen atoms in total. The van der Waals surface area contributed by atoms with Crippen molar-refractivity contribution in [1.29, 1.82) is 0 Å². The molecule has 0 radical (unpaired) electrons. The van der Waals surface area contributed by atoms with Crippen LogP contribution in [-0.2, 0) is 0 Å². The van der Waals surface area contributed by atoms with Crippen molar-refractivity contribution < 1.29 is 0 Å². The zero-order valence-corrected chi connectivity index (χ0v) is 7.88. The van der Waals surface area contributed by atoms with Gasteiger partial charge in [-0.15, -0.1) is 0 Å². The van der Waals surface area contributed by atoms with Crippen LogP contribution in [0.3, 0.4) is 0 Å². The van der Waals surface area contributed by atoms with Gasteiger partial charge in [-0.05, 0) is 34.1 Å². The number of hydrogen-bond acceptors (Lipinski definition) is 3. The Bertz CT molecular complexity index is 335. The quantitative estimate of drug-likeness (QED) is 0.660. The predicted octanol–water partition coefficient (Wildman–Crippen LogP) is 1.57. The van der Waals surface area contributed by atoms with Crippen LogP contribution in [0.25, 0.3) is 6.08 Å². The van der Waals surface area contributed by atoms with Crippen molar-refractivity contribution in [2.75, 3.05) is 5.32 Å². The molecule has 1 aromatic rings. The van der Waals surface area contributed by atoms with Crippen LogP contribution in [-0.4, -0.2) is 11.1 Å². The number of fused-ring (bicyclic) bond motifs is 1. The summed E-state index contributed by atoms with van der Waals surface area (Å²) >= 11 is 3.29. The third-order valence-electron chi connectivity index (χ3n) is 1.68. The molecular weight excluding hydrogens is 218 g/mol. The largest absolute Gasteiger partial charge is 0.351 e. The fourth-order valence-corrected chi connectivity index (χ4v) is 1.42. The van der Waals surface area contributed by atoms with E-state index in [-0.39, 0.29) is 6.17 Å². The fraction of sp³-hybridized carbons (Fsp3) is 0.125. The van der Waals surface area contributed by atoms with E-state index in [1.165, 1.54) is 0 Å². The molecule has 2 heterocycles. The van der Waals surface area contributed by atoms with E-state index >= 15 is 0 Å². The van der Waals surface area contributed by atoms with Crippen LogP contribution < -0.4 is 11.1 Å². The van der Waals surface area contributed by atoms with Gasteiger partial charge in [0.1, 0.15) is 10.4 Å². The minimum atomic E-state index is -0.126. The third kappa shape index (κ3) is 1.35. The second-order valence-corrected chi connectivity index (χ2v) is 3.41. The first kappa shape index (κ1) is 7.76. The van der Waals surface area contributed by atoms with Gasteiger partial charge in [0, 0.05) is 5.56 Å². The Kier molecular flexibility index (Phi) is 1.86. The number of halogens is 1. The van der Waals surface area contributed by atoms with Gasteiger partial charge in [-0.25, -0.2) is 4.98 Å². The van der Waals surface area contributed by atoms with Gasteiger partial charge in [-0.1, -0.05) is 6.08 Å². The standard InChI is InChI=1S/C8H8BrN3/c9-6-3-1-5-2-4-7(10)12-8(5)11-6/h1-4,7H,10H2,(H,11,12). The van der Waals surface area contributed by atoms with Crippen LogP contribution >= 0.6 is 15.9 Å². The van der Waals surface area contributed by atoms with E-state index in [4.69, 9.17) is 5.73 Å². The van der Waals surface area contributed by atoms with Crippen LogP contribution in [0.2, 0.25) is 0 Å². The van der Waals surface area contributed by atoms with Crippen LogP contribution in [0.5, 0.6) is 0 Å². The van der Waals surface area contributed by atoms with Crippen molar-refractivity contribution in [3.63, 3.8) is 0 Å². The zero-order chi connectivity index (χ0) is 8.55. The normalized spacial score (nSPS) is 20.0. The molecule has 1 aliphatic heterocycles. The fourth-order valence-electron chi connectivity index (χ4n) is 1.11. The molecule has 0 saturated carbocycles. The Morgan fingerprint density at radius 3 is 3.17 bits per heavy atom. The first-order valence-corrected chi connectivity index (χ1v) is 4.42. The van der Waals surface area contributed by atoms with E-state index < -0.39 is 0 Å². The van der Waals surface area contributed by atoms with Crippen LogP contribution in [0, 0.1) is 0 Å². The highest BCUT2D eigenvalue weighted by molar-refractivity contribution is 9.10. The lowest BCUT2D eigenvalue weighted by molar-refractivity contribution is 0.921. The van der Waals surface area contributed by atoms with Crippen molar-refractivity contribution >= 4 is 27.8 Å². The molecule has 3 N–H and O–H groups in total. The summed E-state index contributed by atoms with van der Waals surface area (Å²) in [7, 11) is 0. The smallest absolute Gasteiger partial charge is 0.136 e. The van der Waals surface area contributed by atoms with Crippen molar-refractivity contribution in [2.45, 2.75) is 6.17 Å². The summed E-state index contributed by atoms with van der Waals surface area (Å²) in [5.41, 5.74) is 6.72. The second-order valence-electron chi connectivity index (χ2n) is 2.60. The molecular formula is C8H8BrN3. The van der Waals surface area contributed by atoms with Gasteiger partial charge in [-0.3, -0.25) is 0 Å². The van der Waals surface area contributed by atoms with E-state index in [9.17, 15) is 0 Å². The van der Waals surface area contributed by atoms with Gasteiger partial charge in [0.25, 0.3) is 0 Å². The summed E-state index contributed by atoms with van der Waals surface area (Å²) in [5, 5.41) is 3.05. The lowest BCUT2D eigenvalue weighted by Crippen LogP contribution is -2.29. The molecule has 62 valence electrons. The molecule has 0 fully saturated rings. The Labute approximate surface area is 78.8 Å². The topological polar surface area (TPSA) is 50.9 Å². The number of nitrogens with two attached hydrogens (primary N) is 1. The van der Waals surface area contributed by atoms with E-state index in [1.54, 1.807) is 0 Å². The van der Waals surface area contributed by atoms with Gasteiger partial charge < -0.3 is 11.1 Å². The highest BCUT2D eigenvalue weighted by atomic mass is 79.9. The monoisotopic (exact) mass is 225 g/mol. The van der Waals surface area contributed by atoms with Crippen molar-refractivity contribution in [1.82, 2.24) is 4.98 Å². The SMILES string of the molecule is NC1C=Cc2ccc(Br)nc2N1. The Hall–Kier alpha value is -0.870. The molecule has 0 amide bonds. The number of pyridine rings is 1. The molecule has 0 aliphatic carbocycles. The maximum Gasteiger partial charge on any atom is 0.136 e. The molecule has 1 atom stereocenters. The molecule has 4 heteroatoms. The summed E-state index contributed by atoms with van der Waals surface area (Å²) in [6, 6.07) is 3.89. The van der Waals surface area contributed by atoms with Crippen molar-refractivity contribution in [3.05, 3.63) is 28.4 Å². The summed E-state index contributed by atoms with van der Waals surface area (Å²) < 4.78 is 0.816. The molecule has 0 saturated heterocycles. The molecule has 12 heavy (non-hydrogen) atoms. The zero-order valence-electron chi connectivity index (χ0n) is 6.29. The molecule has 2 rings (SSSR count). The summed E-state index contributed by atoms with van der Waals surface area (Å²) in [4.78, 5) is 4.24. The third-order valence-corrected chi connectivity index (χ3v) is 2.12. The van der Waals surface area contributed by atoms with E-state index in [0.29, 0.717) is 0 Å². The highest BCUT2D eigenvalue weighted by Gasteiger charge is 2.09. The Morgan fingerprint density at radius 2 is 2.33 bits per heavy atom. The number of nitrogens with one attached hydrogen (secondary N) is 1. The molecule has 1 aromatic heterocycles. The van der Waals surface area contributed by atoms with Gasteiger partial charge in [0.05, 0.1) is 6.17 Å². The van der Waals surface area contributed by atoms with E-state index in [2.05, 4.69) is 26.2 Å². The Morgan fingerprint density at radius 1 is 1.50 bits per heavy atom. The number of aromatic nitrogens is 1. The number of nitrogens with zero attached hydrogens (tertiary/aromatic N) is 1. The number of rotatable bonds is 0. The molecule has 0 aromatic carbocycles. The average Bonchev–Trinajstić information content (AvgIpc) is 2.03. The minimum absolute atomic E-state index is 0.126. The number of hydrogen-bond donors (Lipinski definition) is 2. The summed E-state index contributed by atoms with van der Waals surface area (Å²) in [5.74, 6) is 0.833. The molecule has 0 spiro atoms. The van der Waals surface area contributed by atoms with Gasteiger partial charge in [0.2, 0.25) is 0 Å². The van der Waals surface area contributed by atoms with Crippen LogP contribution in [0.4, 0.5) is 5.82 Å².